The Morgan fingerprint density at radius 2 is 2.44 bits per heavy atom. The summed E-state index contributed by atoms with van der Waals surface area (Å²) in [5.74, 6) is -0.398. The second-order valence-electron chi connectivity index (χ2n) is 4.08. The first-order valence-electron chi connectivity index (χ1n) is 5.11. The number of amides is 1. The molecule has 1 aromatic heterocycles. The Kier molecular flexibility index (Phi) is 2.78. The molecule has 0 spiro atoms. The van der Waals surface area contributed by atoms with Crippen molar-refractivity contribution in [3.05, 3.63) is 5.69 Å². The number of nitrogens with two attached hydrogens (primary N) is 1. The van der Waals surface area contributed by atoms with E-state index in [9.17, 15) is 4.79 Å². The van der Waals surface area contributed by atoms with E-state index in [1.165, 1.54) is 0 Å². The van der Waals surface area contributed by atoms with Crippen molar-refractivity contribution in [3.63, 3.8) is 0 Å². The molecule has 1 aliphatic rings. The molecular formula is C9H14N4O3. The Morgan fingerprint density at radius 3 is 3.00 bits per heavy atom. The summed E-state index contributed by atoms with van der Waals surface area (Å²) < 4.78 is 9.88. The van der Waals surface area contributed by atoms with Crippen LogP contribution in [0.3, 0.4) is 0 Å². The zero-order valence-corrected chi connectivity index (χ0v) is 9.02. The minimum Gasteiger partial charge on any atom is -0.379 e. The molecule has 0 bridgehead atoms. The number of carbonyl (C=O) groups excluding carboxylic acids is 1. The van der Waals surface area contributed by atoms with Gasteiger partial charge in [-0.2, -0.15) is 0 Å². The van der Waals surface area contributed by atoms with Gasteiger partial charge >= 0.3 is 0 Å². The summed E-state index contributed by atoms with van der Waals surface area (Å²) in [6.07, 6.45) is 1.94. The van der Waals surface area contributed by atoms with Gasteiger partial charge in [0, 0.05) is 13.2 Å². The first-order chi connectivity index (χ1) is 7.61. The van der Waals surface area contributed by atoms with Crippen LogP contribution in [0, 0.1) is 0 Å². The molecule has 2 heterocycles. The molecule has 1 aliphatic heterocycles. The van der Waals surface area contributed by atoms with Crippen LogP contribution in [0.5, 0.6) is 0 Å². The topological polar surface area (TPSA) is 103 Å². The summed E-state index contributed by atoms with van der Waals surface area (Å²) in [5.41, 5.74) is 5.12. The fraction of sp³-hybridized carbons (Fsp3) is 0.667. The first-order valence-corrected chi connectivity index (χ1v) is 5.11. The third kappa shape index (κ3) is 2.13. The first kappa shape index (κ1) is 10.9. The number of anilines is 1. The number of hydrogen-bond donors (Lipinski definition) is 2. The minimum atomic E-state index is -0.393. The number of aromatic nitrogens is 2. The summed E-state index contributed by atoms with van der Waals surface area (Å²) in [5, 5.41) is 9.46. The number of carbonyl (C=O) groups is 1. The Bertz CT molecular complexity index is 384. The van der Waals surface area contributed by atoms with Crippen molar-refractivity contribution in [1.29, 1.82) is 0 Å². The Morgan fingerprint density at radius 1 is 1.62 bits per heavy atom. The monoisotopic (exact) mass is 226 g/mol. The van der Waals surface area contributed by atoms with Crippen LogP contribution in [0.4, 0.5) is 5.82 Å². The Hall–Kier alpha value is -1.63. The van der Waals surface area contributed by atoms with Crippen LogP contribution >= 0.6 is 0 Å². The fourth-order valence-electron chi connectivity index (χ4n) is 1.68. The molecule has 88 valence electrons. The highest BCUT2D eigenvalue weighted by Gasteiger charge is 2.30. The van der Waals surface area contributed by atoms with Gasteiger partial charge in [0.15, 0.2) is 0 Å². The molecule has 7 nitrogen and oxygen atoms in total. The number of hydrogen-bond acceptors (Lipinski definition) is 6. The minimum absolute atomic E-state index is 0.00464. The van der Waals surface area contributed by atoms with Crippen molar-refractivity contribution in [2.24, 2.45) is 0 Å². The second-order valence-corrected chi connectivity index (χ2v) is 4.08. The van der Waals surface area contributed by atoms with Crippen LogP contribution < -0.4 is 11.1 Å². The van der Waals surface area contributed by atoms with Gasteiger partial charge in [-0.3, -0.25) is 4.79 Å². The predicted molar refractivity (Wildman–Crippen MR) is 54.6 cm³/mol. The average molecular weight is 226 g/mol. The molecule has 1 saturated heterocycles. The molecule has 2 rings (SSSR count). The maximum Gasteiger partial charge on any atom is 0.277 e. The summed E-state index contributed by atoms with van der Waals surface area (Å²) in [6, 6.07) is 0. The van der Waals surface area contributed by atoms with E-state index in [1.807, 2.05) is 6.92 Å². The molecule has 3 N–H and O–H groups in total. The molecule has 16 heavy (non-hydrogen) atoms. The molecule has 0 aromatic carbocycles. The fourth-order valence-corrected chi connectivity index (χ4v) is 1.68. The summed E-state index contributed by atoms with van der Waals surface area (Å²) >= 11 is 0. The van der Waals surface area contributed by atoms with Gasteiger partial charge in [0.1, 0.15) is 0 Å². The van der Waals surface area contributed by atoms with Crippen molar-refractivity contribution >= 4 is 11.7 Å². The lowest BCUT2D eigenvalue weighted by Gasteiger charge is -2.22. The van der Waals surface area contributed by atoms with Gasteiger partial charge in [-0.25, -0.2) is 4.63 Å². The summed E-state index contributed by atoms with van der Waals surface area (Å²) in [4.78, 5) is 11.6. The van der Waals surface area contributed by atoms with Crippen molar-refractivity contribution in [2.75, 3.05) is 18.9 Å². The molecule has 0 saturated carbocycles. The van der Waals surface area contributed by atoms with E-state index in [1.54, 1.807) is 0 Å². The lowest BCUT2D eigenvalue weighted by Crippen LogP contribution is -2.40. The lowest BCUT2D eigenvalue weighted by atomic mass is 10.0. The SMILES string of the molecule is CC1(CNC(=O)c2nonc2N)CCCO1. The Balaban J connectivity index is 1.91. The van der Waals surface area contributed by atoms with E-state index >= 15 is 0 Å². The number of rotatable bonds is 3. The van der Waals surface area contributed by atoms with Gasteiger partial charge in [-0.1, -0.05) is 0 Å². The van der Waals surface area contributed by atoms with E-state index in [0.29, 0.717) is 6.54 Å². The number of nitrogen functional groups attached to an aromatic ring is 1. The lowest BCUT2D eigenvalue weighted by molar-refractivity contribution is 0.0205. The molecule has 7 heteroatoms. The van der Waals surface area contributed by atoms with Crippen molar-refractivity contribution in [2.45, 2.75) is 25.4 Å². The average Bonchev–Trinajstić information content (AvgIpc) is 2.85. The van der Waals surface area contributed by atoms with E-state index in [4.69, 9.17) is 10.5 Å². The summed E-state index contributed by atoms with van der Waals surface area (Å²) in [7, 11) is 0. The van der Waals surface area contributed by atoms with Crippen LogP contribution in [0.1, 0.15) is 30.3 Å². The largest absolute Gasteiger partial charge is 0.379 e. The highest BCUT2D eigenvalue weighted by molar-refractivity contribution is 5.95. The van der Waals surface area contributed by atoms with Crippen LogP contribution in [-0.4, -0.2) is 35.0 Å². The second kappa shape index (κ2) is 4.09. The van der Waals surface area contributed by atoms with E-state index in [0.717, 1.165) is 19.4 Å². The highest BCUT2D eigenvalue weighted by atomic mass is 16.6. The highest BCUT2D eigenvalue weighted by Crippen LogP contribution is 2.23. The van der Waals surface area contributed by atoms with Crippen LogP contribution in [0.2, 0.25) is 0 Å². The van der Waals surface area contributed by atoms with E-state index in [2.05, 4.69) is 20.3 Å². The van der Waals surface area contributed by atoms with Gasteiger partial charge < -0.3 is 15.8 Å². The molecule has 0 radical (unpaired) electrons. The van der Waals surface area contributed by atoms with Crippen molar-refractivity contribution in [1.82, 2.24) is 15.6 Å². The molecule has 1 aromatic rings. The van der Waals surface area contributed by atoms with Gasteiger partial charge in [-0.15, -0.1) is 0 Å². The van der Waals surface area contributed by atoms with Crippen molar-refractivity contribution in [3.8, 4) is 0 Å². The quantitative estimate of drug-likeness (QED) is 0.749. The number of nitrogens with one attached hydrogen (secondary N) is 1. The maximum absolute atomic E-state index is 11.6. The van der Waals surface area contributed by atoms with E-state index < -0.39 is 5.91 Å². The molecule has 1 atom stereocenters. The number of nitrogens with zero attached hydrogens (tertiary/aromatic N) is 2. The standard InChI is InChI=1S/C9H14N4O3/c1-9(3-2-4-15-9)5-11-8(14)6-7(10)13-16-12-6/h2-5H2,1H3,(H2,10,13)(H,11,14). The van der Waals surface area contributed by atoms with Crippen LogP contribution in [0.15, 0.2) is 4.63 Å². The van der Waals surface area contributed by atoms with Crippen molar-refractivity contribution < 1.29 is 14.2 Å². The smallest absolute Gasteiger partial charge is 0.277 e. The zero-order chi connectivity index (χ0) is 11.6. The summed E-state index contributed by atoms with van der Waals surface area (Å²) in [6.45, 7) is 3.13. The molecular weight excluding hydrogens is 212 g/mol. The van der Waals surface area contributed by atoms with E-state index in [-0.39, 0.29) is 17.1 Å². The molecule has 0 aliphatic carbocycles. The predicted octanol–water partition coefficient (Wildman–Crippen LogP) is -0.0493. The molecule has 1 fully saturated rings. The third-order valence-corrected chi connectivity index (χ3v) is 2.65. The molecule has 1 amide bonds. The normalized spacial score (nSPS) is 24.6. The molecule has 1 unspecified atom stereocenters. The van der Waals surface area contributed by atoms with Gasteiger partial charge in [-0.05, 0) is 30.1 Å². The van der Waals surface area contributed by atoms with Crippen LogP contribution in [-0.2, 0) is 4.74 Å². The zero-order valence-electron chi connectivity index (χ0n) is 9.02. The third-order valence-electron chi connectivity index (χ3n) is 2.65. The van der Waals surface area contributed by atoms with Gasteiger partial charge in [0.2, 0.25) is 11.5 Å². The van der Waals surface area contributed by atoms with Crippen LogP contribution in [0.25, 0.3) is 0 Å². The number of ether oxygens (including phenoxy) is 1. The van der Waals surface area contributed by atoms with Gasteiger partial charge in [0.25, 0.3) is 5.91 Å². The maximum atomic E-state index is 11.6. The van der Waals surface area contributed by atoms with Gasteiger partial charge in [0.05, 0.1) is 5.60 Å². The Labute approximate surface area is 92.3 Å².